The van der Waals surface area contributed by atoms with Gasteiger partial charge < -0.3 is 4.90 Å². The van der Waals surface area contributed by atoms with E-state index in [1.807, 2.05) is 11.8 Å². The Balaban J connectivity index is 1.16. The molecule has 1 atom stereocenters. The van der Waals surface area contributed by atoms with E-state index in [1.54, 1.807) is 0 Å². The van der Waals surface area contributed by atoms with Crippen LogP contribution in [0, 0.1) is 0 Å². The molecule has 1 unspecified atom stereocenters. The highest BCUT2D eigenvalue weighted by molar-refractivity contribution is 7.99. The van der Waals surface area contributed by atoms with Crippen LogP contribution >= 0.6 is 11.8 Å². The van der Waals surface area contributed by atoms with E-state index in [1.165, 1.54) is 81.9 Å². The monoisotopic (exact) mass is 681 g/mol. The van der Waals surface area contributed by atoms with E-state index >= 15 is 0 Å². The lowest BCUT2D eigenvalue weighted by atomic mass is 9.59. The van der Waals surface area contributed by atoms with Crippen molar-refractivity contribution in [1.29, 1.82) is 0 Å². The van der Waals surface area contributed by atoms with Crippen LogP contribution in [0.5, 0.6) is 0 Å². The van der Waals surface area contributed by atoms with Gasteiger partial charge in [0, 0.05) is 32.3 Å². The molecule has 0 saturated heterocycles. The lowest BCUT2D eigenvalue weighted by Crippen LogP contribution is -2.36. The Labute approximate surface area is 309 Å². The molecule has 0 amide bonds. The van der Waals surface area contributed by atoms with Crippen LogP contribution in [0.3, 0.4) is 0 Å². The van der Waals surface area contributed by atoms with Gasteiger partial charge in [0.2, 0.25) is 0 Å². The van der Waals surface area contributed by atoms with Crippen molar-refractivity contribution in [1.82, 2.24) is 0 Å². The van der Waals surface area contributed by atoms with Crippen LogP contribution < -0.4 is 4.90 Å². The van der Waals surface area contributed by atoms with E-state index in [9.17, 15) is 0 Å². The van der Waals surface area contributed by atoms with Gasteiger partial charge in [-0.2, -0.15) is 0 Å². The average molecular weight is 682 g/mol. The Bertz CT molecular complexity index is 2750. The number of benzene rings is 8. The zero-order valence-electron chi connectivity index (χ0n) is 29.1. The normalized spacial score (nSPS) is 16.8. The molecule has 52 heavy (non-hydrogen) atoms. The molecule has 0 bridgehead atoms. The lowest BCUT2D eigenvalue weighted by Gasteiger charge is -2.46. The van der Waals surface area contributed by atoms with Crippen LogP contribution in [0.1, 0.15) is 47.2 Å². The molecule has 3 aliphatic rings. The Kier molecular flexibility index (Phi) is 6.22. The predicted molar refractivity (Wildman–Crippen MR) is 218 cm³/mol. The van der Waals surface area contributed by atoms with Crippen LogP contribution in [0.2, 0.25) is 0 Å². The van der Waals surface area contributed by atoms with Gasteiger partial charge in [-0.25, -0.2) is 0 Å². The second kappa shape index (κ2) is 10.8. The van der Waals surface area contributed by atoms with Crippen LogP contribution in [-0.4, -0.2) is 0 Å². The molecule has 1 spiro atoms. The Hall–Kier alpha value is -5.83. The lowest BCUT2D eigenvalue weighted by molar-refractivity contribution is 0.660. The standard InChI is InChI=1S/C50H35NS/c1-49(2)40-21-8-6-18-36(40)38-28-26-34(30-45(38)49)51(33-16-4-3-5-17-33)35-27-29-43-47(31-35)52-46-25-11-10-23-42(46)50(43)41-22-9-7-19-37(41)39-20-12-14-32-15-13-24-44(50)48(32)39/h3-31H,1-2H3. The maximum absolute atomic E-state index is 2.45. The highest BCUT2D eigenvalue weighted by atomic mass is 32.2. The fraction of sp³-hybridized carbons (Fsp3) is 0.0800. The third-order valence-electron chi connectivity index (χ3n) is 11.9. The maximum Gasteiger partial charge on any atom is 0.0735 e. The number of nitrogens with zero attached hydrogens (tertiary/aromatic N) is 1. The predicted octanol–water partition coefficient (Wildman–Crippen LogP) is 13.4. The number of para-hydroxylation sites is 1. The molecule has 0 radical (unpaired) electrons. The Morgan fingerprint density at radius 3 is 1.79 bits per heavy atom. The summed E-state index contributed by atoms with van der Waals surface area (Å²) in [6.07, 6.45) is 0. The van der Waals surface area contributed by atoms with Crippen molar-refractivity contribution in [3.63, 3.8) is 0 Å². The minimum atomic E-state index is -0.457. The van der Waals surface area contributed by atoms with Gasteiger partial charge in [-0.15, -0.1) is 0 Å². The molecule has 2 aliphatic carbocycles. The summed E-state index contributed by atoms with van der Waals surface area (Å²) in [4.78, 5) is 5.04. The molecule has 11 rings (SSSR count). The van der Waals surface area contributed by atoms with Gasteiger partial charge in [0.15, 0.2) is 0 Å². The van der Waals surface area contributed by atoms with Gasteiger partial charge >= 0.3 is 0 Å². The maximum atomic E-state index is 2.45. The van der Waals surface area contributed by atoms with Crippen LogP contribution in [0.25, 0.3) is 33.0 Å². The summed E-state index contributed by atoms with van der Waals surface area (Å²) in [7, 11) is 0. The number of hydrogen-bond acceptors (Lipinski definition) is 2. The summed E-state index contributed by atoms with van der Waals surface area (Å²) >= 11 is 1.90. The molecule has 0 saturated carbocycles. The van der Waals surface area contributed by atoms with Gasteiger partial charge in [-0.05, 0) is 109 Å². The van der Waals surface area contributed by atoms with Gasteiger partial charge in [-0.1, -0.05) is 159 Å². The molecule has 2 heteroatoms. The zero-order valence-corrected chi connectivity index (χ0v) is 29.9. The molecular weight excluding hydrogens is 647 g/mol. The first kappa shape index (κ1) is 29.9. The van der Waals surface area contributed by atoms with Crippen molar-refractivity contribution in [2.24, 2.45) is 0 Å². The summed E-state index contributed by atoms with van der Waals surface area (Å²) in [5.74, 6) is 0. The third-order valence-corrected chi connectivity index (χ3v) is 13.0. The van der Waals surface area contributed by atoms with E-state index in [4.69, 9.17) is 0 Å². The van der Waals surface area contributed by atoms with E-state index in [0.29, 0.717) is 0 Å². The first-order valence-electron chi connectivity index (χ1n) is 18.2. The van der Waals surface area contributed by atoms with Crippen molar-refractivity contribution in [2.75, 3.05) is 4.90 Å². The smallest absolute Gasteiger partial charge is 0.0735 e. The quantitative estimate of drug-likeness (QED) is 0.183. The highest BCUT2D eigenvalue weighted by Gasteiger charge is 2.48. The van der Waals surface area contributed by atoms with Crippen LogP contribution in [0.4, 0.5) is 17.1 Å². The van der Waals surface area contributed by atoms with Crippen molar-refractivity contribution < 1.29 is 0 Å². The second-order valence-electron chi connectivity index (χ2n) is 14.9. The van der Waals surface area contributed by atoms with Gasteiger partial charge in [-0.3, -0.25) is 0 Å². The molecule has 246 valence electrons. The topological polar surface area (TPSA) is 3.24 Å². The minimum absolute atomic E-state index is 0.0855. The SMILES string of the molecule is CC1(C)c2ccccc2-c2ccc(N(c3ccccc3)c3ccc4c(c3)Sc3ccccc3C43c4ccccc4-c4cccc5cccc3c45)cc21. The third kappa shape index (κ3) is 3.91. The second-order valence-corrected chi connectivity index (χ2v) is 15.9. The Morgan fingerprint density at radius 2 is 0.962 bits per heavy atom. The summed E-state index contributed by atoms with van der Waals surface area (Å²) in [5.41, 5.74) is 16.4. The fourth-order valence-electron chi connectivity index (χ4n) is 9.68. The molecular formula is C50H35NS. The van der Waals surface area contributed by atoms with Crippen molar-refractivity contribution >= 4 is 39.6 Å². The summed E-state index contributed by atoms with van der Waals surface area (Å²) < 4.78 is 0. The van der Waals surface area contributed by atoms with E-state index in [0.717, 1.165) is 11.4 Å². The van der Waals surface area contributed by atoms with E-state index in [-0.39, 0.29) is 5.41 Å². The molecule has 0 N–H and O–H groups in total. The fourth-order valence-corrected chi connectivity index (χ4v) is 10.9. The van der Waals surface area contributed by atoms with Gasteiger partial charge in [0.1, 0.15) is 0 Å². The first-order valence-corrected chi connectivity index (χ1v) is 19.0. The average Bonchev–Trinajstić information content (AvgIpc) is 3.42. The van der Waals surface area contributed by atoms with E-state index in [2.05, 4.69) is 195 Å². The summed E-state index contributed by atoms with van der Waals surface area (Å²) in [6.45, 7) is 4.73. The highest BCUT2D eigenvalue weighted by Crippen LogP contribution is 2.62. The molecule has 1 heterocycles. The van der Waals surface area contributed by atoms with Gasteiger partial charge in [0.05, 0.1) is 5.41 Å². The summed E-state index contributed by atoms with van der Waals surface area (Å²) in [6, 6.07) is 65.9. The number of hydrogen-bond donors (Lipinski definition) is 0. The molecule has 1 aliphatic heterocycles. The molecule has 8 aromatic carbocycles. The van der Waals surface area contributed by atoms with E-state index < -0.39 is 5.41 Å². The number of fused-ring (bicyclic) bond motifs is 11. The number of rotatable bonds is 3. The first-order chi connectivity index (χ1) is 25.5. The Morgan fingerprint density at radius 1 is 0.385 bits per heavy atom. The molecule has 8 aromatic rings. The largest absolute Gasteiger partial charge is 0.310 e. The molecule has 0 aromatic heterocycles. The molecule has 1 nitrogen and oxygen atoms in total. The van der Waals surface area contributed by atoms with Crippen LogP contribution in [-0.2, 0) is 10.8 Å². The van der Waals surface area contributed by atoms with Crippen LogP contribution in [0.15, 0.2) is 186 Å². The van der Waals surface area contributed by atoms with Crippen molar-refractivity contribution in [3.8, 4) is 22.3 Å². The summed E-state index contributed by atoms with van der Waals surface area (Å²) in [5, 5.41) is 2.64. The van der Waals surface area contributed by atoms with Gasteiger partial charge in [0.25, 0.3) is 0 Å². The molecule has 0 fully saturated rings. The zero-order chi connectivity index (χ0) is 34.6. The number of anilines is 3. The van der Waals surface area contributed by atoms with Crippen molar-refractivity contribution in [2.45, 2.75) is 34.5 Å². The van der Waals surface area contributed by atoms with Crippen molar-refractivity contribution in [3.05, 3.63) is 209 Å². The minimum Gasteiger partial charge on any atom is -0.310 e.